The van der Waals surface area contributed by atoms with E-state index in [4.69, 9.17) is 37.0 Å². The van der Waals surface area contributed by atoms with Gasteiger partial charge in [0.1, 0.15) is 19.3 Å². The highest BCUT2D eigenvalue weighted by molar-refractivity contribution is 7.47. The molecule has 0 spiro atoms. The minimum Gasteiger partial charge on any atom is -0.462 e. The minimum absolute atomic E-state index is 0.0948. The van der Waals surface area contributed by atoms with Crippen molar-refractivity contribution in [2.45, 2.75) is 343 Å². The van der Waals surface area contributed by atoms with E-state index in [1.165, 1.54) is 109 Å². The fourth-order valence-electron chi connectivity index (χ4n) is 10.0. The third-order valence-corrected chi connectivity index (χ3v) is 17.4. The molecule has 3 N–H and O–H groups in total. The molecule has 0 aromatic heterocycles. The van der Waals surface area contributed by atoms with Crippen molar-refractivity contribution in [2.75, 3.05) is 39.6 Å². The summed E-state index contributed by atoms with van der Waals surface area (Å²) in [4.78, 5) is 72.4. The van der Waals surface area contributed by atoms with Crippen LogP contribution in [-0.4, -0.2) is 96.7 Å². The summed E-state index contributed by atoms with van der Waals surface area (Å²) in [6.07, 6.45) is 47.0. The topological polar surface area (TPSA) is 237 Å². The zero-order valence-corrected chi connectivity index (χ0v) is 59.2. The summed E-state index contributed by atoms with van der Waals surface area (Å²) >= 11 is 0. The number of unbranched alkanes of at least 4 members (excludes halogenated alkanes) is 31. The Labute approximate surface area is 542 Å². The molecular formula is C70H132O17P2. The summed E-state index contributed by atoms with van der Waals surface area (Å²) < 4.78 is 68.1. The van der Waals surface area contributed by atoms with Crippen LogP contribution >= 0.6 is 15.6 Å². The van der Waals surface area contributed by atoms with Crippen LogP contribution in [0.3, 0.4) is 0 Å². The van der Waals surface area contributed by atoms with E-state index in [1.54, 1.807) is 0 Å². The van der Waals surface area contributed by atoms with E-state index in [9.17, 15) is 43.2 Å². The van der Waals surface area contributed by atoms with Crippen molar-refractivity contribution in [3.8, 4) is 0 Å². The number of phosphoric acid groups is 2. The van der Waals surface area contributed by atoms with Crippen LogP contribution in [-0.2, 0) is 65.4 Å². The van der Waals surface area contributed by atoms with Crippen molar-refractivity contribution in [3.05, 3.63) is 24.3 Å². The molecule has 0 saturated heterocycles. The Hall–Kier alpha value is -2.46. The molecule has 0 fully saturated rings. The second-order valence-corrected chi connectivity index (χ2v) is 28.9. The number of rotatable bonds is 66. The minimum atomic E-state index is -4.96. The van der Waals surface area contributed by atoms with Crippen molar-refractivity contribution < 1.29 is 80.2 Å². The standard InChI is InChI=1S/C70H132O17P2/c1-8-9-10-11-12-13-14-15-16-19-22-25-28-37-44-51-67(72)80-57-66(87-70(75)54-47-40-33-31-36-43-50-63(6)7)60-85-89(78,79)83-56-64(71)55-82-88(76,77)84-59-65(58-81-68(73)52-45-38-32-30-35-42-49-62(4)5)86-69(74)53-46-39-29-26-23-20-17-18-21-24-27-34-41-48-61(2)3/h13-16,61-66,71H,8-12,17-60H2,1-7H3,(H,76,77)(H,78,79)/b14-13-,16-15-/t64-,65+,66+/m0/s1. The Balaban J connectivity index is 5.22. The molecule has 5 atom stereocenters. The molecule has 0 heterocycles. The molecule has 524 valence electrons. The van der Waals surface area contributed by atoms with E-state index in [2.05, 4.69) is 72.8 Å². The summed E-state index contributed by atoms with van der Waals surface area (Å²) in [6.45, 7) is 11.6. The van der Waals surface area contributed by atoms with Crippen LogP contribution in [0, 0.1) is 17.8 Å². The molecule has 0 radical (unpaired) electrons. The predicted molar refractivity (Wildman–Crippen MR) is 358 cm³/mol. The van der Waals surface area contributed by atoms with E-state index in [0.717, 1.165) is 121 Å². The molecule has 0 aliphatic heterocycles. The molecule has 89 heavy (non-hydrogen) atoms. The number of ether oxygens (including phenoxy) is 4. The van der Waals surface area contributed by atoms with Gasteiger partial charge in [-0.1, -0.05) is 272 Å². The fourth-order valence-corrected chi connectivity index (χ4v) is 11.6. The third kappa shape index (κ3) is 64.1. The van der Waals surface area contributed by atoms with E-state index >= 15 is 0 Å². The largest absolute Gasteiger partial charge is 0.472 e. The Morgan fingerprint density at radius 2 is 0.607 bits per heavy atom. The van der Waals surface area contributed by atoms with Gasteiger partial charge in [0.15, 0.2) is 12.2 Å². The maximum Gasteiger partial charge on any atom is 0.472 e. The van der Waals surface area contributed by atoms with Gasteiger partial charge in [-0.2, -0.15) is 0 Å². The summed E-state index contributed by atoms with van der Waals surface area (Å²) in [5, 5.41) is 10.6. The Kier molecular flexibility index (Phi) is 58.8. The average molecular weight is 1310 g/mol. The van der Waals surface area contributed by atoms with E-state index in [-0.39, 0.29) is 25.7 Å². The molecule has 0 aliphatic rings. The molecule has 19 heteroatoms. The molecule has 0 saturated carbocycles. The molecule has 0 bridgehead atoms. The molecule has 17 nitrogen and oxygen atoms in total. The van der Waals surface area contributed by atoms with Crippen molar-refractivity contribution in [1.82, 2.24) is 0 Å². The Morgan fingerprint density at radius 3 is 0.910 bits per heavy atom. The second-order valence-electron chi connectivity index (χ2n) is 26.0. The Bertz CT molecular complexity index is 1840. The predicted octanol–water partition coefficient (Wildman–Crippen LogP) is 19.4. The maximum absolute atomic E-state index is 13.0. The lowest BCUT2D eigenvalue weighted by Gasteiger charge is -2.21. The number of carbonyl (C=O) groups is 4. The van der Waals surface area contributed by atoms with Crippen LogP contribution in [0.2, 0.25) is 0 Å². The number of aliphatic hydroxyl groups excluding tert-OH is 1. The maximum atomic E-state index is 13.0. The first-order valence-electron chi connectivity index (χ1n) is 35.7. The molecule has 0 aromatic rings. The molecule has 2 unspecified atom stereocenters. The van der Waals surface area contributed by atoms with Crippen LogP contribution in [0.5, 0.6) is 0 Å². The first kappa shape index (κ1) is 86.5. The van der Waals surface area contributed by atoms with Gasteiger partial charge in [0.2, 0.25) is 0 Å². The van der Waals surface area contributed by atoms with Gasteiger partial charge < -0.3 is 33.8 Å². The highest BCUT2D eigenvalue weighted by Gasteiger charge is 2.30. The van der Waals surface area contributed by atoms with Gasteiger partial charge in [-0.15, -0.1) is 0 Å². The monoisotopic (exact) mass is 1310 g/mol. The van der Waals surface area contributed by atoms with Gasteiger partial charge >= 0.3 is 39.5 Å². The number of esters is 4. The number of phosphoric ester groups is 2. The van der Waals surface area contributed by atoms with Gasteiger partial charge in [0, 0.05) is 25.7 Å². The molecule has 0 rings (SSSR count). The van der Waals surface area contributed by atoms with Gasteiger partial charge in [-0.05, 0) is 69.1 Å². The van der Waals surface area contributed by atoms with Gasteiger partial charge in [0.25, 0.3) is 0 Å². The highest BCUT2D eigenvalue weighted by Crippen LogP contribution is 2.45. The van der Waals surface area contributed by atoms with Crippen LogP contribution in [0.1, 0.15) is 325 Å². The summed E-state index contributed by atoms with van der Waals surface area (Å²) in [5.74, 6) is -0.0350. The summed E-state index contributed by atoms with van der Waals surface area (Å²) in [7, 11) is -9.91. The Morgan fingerprint density at radius 1 is 0.348 bits per heavy atom. The number of hydrogen-bond acceptors (Lipinski definition) is 15. The van der Waals surface area contributed by atoms with Gasteiger partial charge in [0.05, 0.1) is 26.4 Å². The first-order chi connectivity index (χ1) is 42.7. The van der Waals surface area contributed by atoms with Crippen LogP contribution in [0.25, 0.3) is 0 Å². The van der Waals surface area contributed by atoms with Gasteiger partial charge in [-0.25, -0.2) is 9.13 Å². The molecule has 0 aliphatic carbocycles. The smallest absolute Gasteiger partial charge is 0.462 e. The average Bonchev–Trinajstić information content (AvgIpc) is 3.68. The lowest BCUT2D eigenvalue weighted by atomic mass is 10.0. The van der Waals surface area contributed by atoms with Gasteiger partial charge in [-0.3, -0.25) is 37.3 Å². The fraction of sp³-hybridized carbons (Fsp3) is 0.886. The van der Waals surface area contributed by atoms with E-state index in [1.807, 2.05) is 0 Å². The molecule has 0 amide bonds. The van der Waals surface area contributed by atoms with Crippen LogP contribution in [0.15, 0.2) is 24.3 Å². The second kappa shape index (κ2) is 60.5. The zero-order valence-electron chi connectivity index (χ0n) is 57.4. The SMILES string of the molecule is CCCCCC/C=C\C=C/CCCCCCCC(=O)OC[C@H](COP(=O)(O)OC[C@@H](O)COP(=O)(O)OC[C@@H](COC(=O)CCCCCCCCC(C)C)OC(=O)CCCCCCCCCCCCCCCC(C)C)OC(=O)CCCCCCCCC(C)C. The van der Waals surface area contributed by atoms with E-state index in [0.29, 0.717) is 37.5 Å². The third-order valence-electron chi connectivity index (χ3n) is 15.5. The van der Waals surface area contributed by atoms with Crippen molar-refractivity contribution in [1.29, 1.82) is 0 Å². The van der Waals surface area contributed by atoms with Crippen molar-refractivity contribution in [2.24, 2.45) is 17.8 Å². The van der Waals surface area contributed by atoms with Crippen LogP contribution < -0.4 is 0 Å². The lowest BCUT2D eigenvalue weighted by Crippen LogP contribution is -2.30. The first-order valence-corrected chi connectivity index (χ1v) is 38.7. The number of hydrogen-bond donors (Lipinski definition) is 3. The molecular weight excluding hydrogens is 1170 g/mol. The van der Waals surface area contributed by atoms with Crippen molar-refractivity contribution >= 4 is 39.5 Å². The highest BCUT2D eigenvalue weighted by atomic mass is 31.2. The van der Waals surface area contributed by atoms with E-state index < -0.39 is 97.5 Å². The number of aliphatic hydroxyl groups is 1. The quantitative estimate of drug-likeness (QED) is 0.0169. The lowest BCUT2D eigenvalue weighted by molar-refractivity contribution is -0.161. The summed E-state index contributed by atoms with van der Waals surface area (Å²) in [6, 6.07) is 0. The van der Waals surface area contributed by atoms with Crippen LogP contribution in [0.4, 0.5) is 0 Å². The molecule has 0 aromatic carbocycles. The zero-order chi connectivity index (χ0) is 65.9. The van der Waals surface area contributed by atoms with Crippen molar-refractivity contribution in [3.63, 3.8) is 0 Å². The number of carbonyl (C=O) groups excluding carboxylic acids is 4. The number of allylic oxidation sites excluding steroid dienone is 4. The normalized spacial score (nSPS) is 14.4. The summed E-state index contributed by atoms with van der Waals surface area (Å²) in [5.41, 5.74) is 0.